The van der Waals surface area contributed by atoms with Crippen LogP contribution < -0.4 is 20.7 Å². The van der Waals surface area contributed by atoms with Crippen molar-refractivity contribution in [2.24, 2.45) is 11.3 Å². The van der Waals surface area contributed by atoms with E-state index in [9.17, 15) is 32.4 Å². The number of rotatable bonds is 10. The van der Waals surface area contributed by atoms with Gasteiger partial charge in [0, 0.05) is 12.3 Å². The molecule has 3 aliphatic rings. The highest BCUT2D eigenvalue weighted by Crippen LogP contribution is 2.45. The molecule has 0 bridgehead atoms. The number of aryl methyl sites for hydroxylation is 1. The zero-order valence-corrected chi connectivity index (χ0v) is 30.4. The molecular weight excluding hydrogens is 678 g/mol. The maximum atomic E-state index is 14.3. The van der Waals surface area contributed by atoms with Crippen LogP contribution in [0.4, 0.5) is 15.3 Å². The van der Waals surface area contributed by atoms with Crippen molar-refractivity contribution in [2.75, 3.05) is 11.9 Å². The van der Waals surface area contributed by atoms with E-state index < -0.39 is 85.8 Å². The normalized spacial score (nSPS) is 24.2. The van der Waals surface area contributed by atoms with Crippen LogP contribution in [0.2, 0.25) is 5.02 Å². The van der Waals surface area contributed by atoms with Gasteiger partial charge in [-0.2, -0.15) is 0 Å². The molecule has 1 unspecified atom stereocenters. The molecule has 0 aromatic heterocycles. The summed E-state index contributed by atoms with van der Waals surface area (Å²) in [5.41, 5.74) is -2.31. The molecule has 14 nitrogen and oxygen atoms in total. The number of hydrogen-bond acceptors (Lipinski definition) is 9. The summed E-state index contributed by atoms with van der Waals surface area (Å²) in [6.07, 6.45) is -0.446. The number of hydrogen-bond donors (Lipinski definition) is 4. The predicted molar refractivity (Wildman–Crippen MR) is 182 cm³/mol. The van der Waals surface area contributed by atoms with Crippen LogP contribution in [0.1, 0.15) is 72.8 Å². The van der Waals surface area contributed by atoms with E-state index in [1.807, 2.05) is 0 Å². The highest BCUT2D eigenvalue weighted by atomic mass is 35.5. The molecule has 2 saturated carbocycles. The number of alkyl carbamates (subject to hydrolysis) is 1. The Kier molecular flexibility index (Phi) is 10.7. The van der Waals surface area contributed by atoms with Gasteiger partial charge < -0.3 is 25.0 Å². The highest BCUT2D eigenvalue weighted by Gasteiger charge is 2.62. The number of amides is 5. The second-order valence-electron chi connectivity index (χ2n) is 15.0. The van der Waals surface area contributed by atoms with E-state index in [1.165, 1.54) is 11.0 Å². The van der Waals surface area contributed by atoms with Crippen LogP contribution in [0.5, 0.6) is 0 Å². The predicted octanol–water partition coefficient (Wildman–Crippen LogP) is 3.78. The lowest BCUT2D eigenvalue weighted by Gasteiger charge is -2.36. The summed E-state index contributed by atoms with van der Waals surface area (Å²) in [6, 6.07) is 2.62. The first-order valence-corrected chi connectivity index (χ1v) is 18.0. The number of nitrogens with zero attached hydrogens (tertiary/aromatic N) is 1. The Balaban J connectivity index is 1.60. The Bertz CT molecular complexity index is 1610. The van der Waals surface area contributed by atoms with Gasteiger partial charge in [-0.25, -0.2) is 18.0 Å². The molecule has 1 saturated heterocycles. The van der Waals surface area contributed by atoms with Gasteiger partial charge in [-0.1, -0.05) is 50.6 Å². The maximum Gasteiger partial charge on any atom is 0.412 e. The third kappa shape index (κ3) is 9.04. The highest BCUT2D eigenvalue weighted by molar-refractivity contribution is 7.91. The minimum absolute atomic E-state index is 0.0965. The topological polar surface area (TPSA) is 189 Å². The minimum Gasteiger partial charge on any atom is -0.444 e. The van der Waals surface area contributed by atoms with Crippen molar-refractivity contribution in [3.8, 4) is 0 Å². The van der Waals surface area contributed by atoms with Crippen LogP contribution in [0.3, 0.4) is 0 Å². The molecule has 1 heterocycles. The van der Waals surface area contributed by atoms with E-state index >= 15 is 0 Å². The number of likely N-dealkylation sites (tertiary alicyclic amines) is 1. The van der Waals surface area contributed by atoms with Gasteiger partial charge in [0.05, 0.1) is 22.5 Å². The summed E-state index contributed by atoms with van der Waals surface area (Å²) in [5, 5.41) is 7.54. The van der Waals surface area contributed by atoms with Crippen LogP contribution in [-0.4, -0.2) is 84.3 Å². The fourth-order valence-electron chi connectivity index (χ4n) is 5.71. The monoisotopic (exact) mass is 723 g/mol. The van der Waals surface area contributed by atoms with Gasteiger partial charge in [-0.05, 0) is 64.0 Å². The van der Waals surface area contributed by atoms with Gasteiger partial charge in [0.25, 0.3) is 5.91 Å². The molecule has 16 heteroatoms. The summed E-state index contributed by atoms with van der Waals surface area (Å²) in [7, 11) is -3.92. The summed E-state index contributed by atoms with van der Waals surface area (Å²) in [5.74, 6) is -2.88. The van der Waals surface area contributed by atoms with Gasteiger partial charge in [0.15, 0.2) is 0 Å². The van der Waals surface area contributed by atoms with Crippen LogP contribution in [0, 0.1) is 18.3 Å². The van der Waals surface area contributed by atoms with Crippen LogP contribution in [-0.2, 0) is 33.9 Å². The molecule has 1 aromatic carbocycles. The van der Waals surface area contributed by atoms with Gasteiger partial charge in [-0.3, -0.25) is 24.4 Å². The SMILES string of the molecule is C=CC1C[C@]1(NC(=O)[C@@H]1C[C@@H](OC(=O)Nc2c(C)cccc2Cl)CN1C(=O)[C@@H](NC(=O)OC(C)(C)C)C(C)(C)C)C(=O)NS(=O)(=O)C1CC1. The Morgan fingerprint density at radius 3 is 2.27 bits per heavy atom. The standard InChI is InChI=1S/C33H46ClN5O9S/c1-9-19-16-33(19,28(42)38-49(45,46)21-13-14-21)37-26(40)23-15-20(47-29(43)35-24-18(2)11-10-12-22(24)34)17-39(23)27(41)25(31(3,4)5)36-30(44)48-32(6,7)8/h9-12,19-21,23,25H,1,13-17H2,2-8H3,(H,35,43)(H,36,44)(H,37,40)(H,38,42)/t19?,20-,23+,25-,33-/m1/s1. The molecule has 1 aliphatic heterocycles. The molecule has 5 amide bonds. The third-order valence-corrected chi connectivity index (χ3v) is 10.7. The smallest absolute Gasteiger partial charge is 0.412 e. The van der Waals surface area contributed by atoms with Crippen molar-refractivity contribution >= 4 is 57.2 Å². The number of ether oxygens (including phenoxy) is 2. The summed E-state index contributed by atoms with van der Waals surface area (Å²) < 4.78 is 38.3. The zero-order valence-electron chi connectivity index (χ0n) is 28.8. The van der Waals surface area contributed by atoms with Crippen molar-refractivity contribution in [2.45, 2.75) is 109 Å². The first kappa shape index (κ1) is 38.0. The van der Waals surface area contributed by atoms with Crippen LogP contribution in [0.15, 0.2) is 30.9 Å². The van der Waals surface area contributed by atoms with E-state index in [-0.39, 0.29) is 24.4 Å². The maximum absolute atomic E-state index is 14.3. The number of carbonyl (C=O) groups is 5. The third-order valence-electron chi connectivity index (χ3n) is 8.59. The average molecular weight is 724 g/mol. The van der Waals surface area contributed by atoms with Crippen molar-refractivity contribution in [1.82, 2.24) is 20.3 Å². The van der Waals surface area contributed by atoms with E-state index in [1.54, 1.807) is 66.7 Å². The van der Waals surface area contributed by atoms with E-state index in [2.05, 4.69) is 27.3 Å². The van der Waals surface area contributed by atoms with Gasteiger partial charge in [0.1, 0.15) is 29.3 Å². The Morgan fingerprint density at radius 2 is 1.73 bits per heavy atom. The molecule has 4 N–H and O–H groups in total. The number of sulfonamides is 1. The molecule has 49 heavy (non-hydrogen) atoms. The second-order valence-corrected chi connectivity index (χ2v) is 17.3. The van der Waals surface area contributed by atoms with Gasteiger partial charge in [0.2, 0.25) is 21.8 Å². The van der Waals surface area contributed by atoms with Crippen molar-refractivity contribution < 1.29 is 41.9 Å². The molecule has 0 radical (unpaired) electrons. The number of halogens is 1. The van der Waals surface area contributed by atoms with Crippen molar-refractivity contribution in [3.63, 3.8) is 0 Å². The lowest BCUT2D eigenvalue weighted by Crippen LogP contribution is -2.60. The molecule has 4 rings (SSSR count). The first-order valence-electron chi connectivity index (χ1n) is 16.1. The summed E-state index contributed by atoms with van der Waals surface area (Å²) in [6.45, 7) is 15.4. The lowest BCUT2D eigenvalue weighted by molar-refractivity contribution is -0.143. The minimum atomic E-state index is -3.92. The van der Waals surface area contributed by atoms with Crippen molar-refractivity contribution in [3.05, 3.63) is 41.4 Å². The number of benzene rings is 1. The second kappa shape index (κ2) is 13.8. The van der Waals surface area contributed by atoms with Crippen LogP contribution in [0.25, 0.3) is 0 Å². The zero-order chi connectivity index (χ0) is 36.7. The Hall–Kier alpha value is -3.85. The van der Waals surface area contributed by atoms with Gasteiger partial charge in [-0.15, -0.1) is 6.58 Å². The quantitative estimate of drug-likeness (QED) is 0.261. The molecular formula is C33H46ClN5O9S. The first-order chi connectivity index (χ1) is 22.6. The average Bonchev–Trinajstić information content (AvgIpc) is 3.89. The fraction of sp³-hybridized carbons (Fsp3) is 0.606. The van der Waals surface area contributed by atoms with Crippen LogP contribution >= 0.6 is 11.6 Å². The van der Waals surface area contributed by atoms with E-state index in [0.717, 1.165) is 0 Å². The summed E-state index contributed by atoms with van der Waals surface area (Å²) >= 11 is 6.26. The Labute approximate surface area is 292 Å². The number of carbonyl (C=O) groups excluding carboxylic acids is 5. The van der Waals surface area contributed by atoms with E-state index in [0.29, 0.717) is 24.1 Å². The molecule has 1 aromatic rings. The molecule has 270 valence electrons. The van der Waals surface area contributed by atoms with Gasteiger partial charge >= 0.3 is 12.2 Å². The molecule has 2 aliphatic carbocycles. The lowest BCUT2D eigenvalue weighted by atomic mass is 9.85. The summed E-state index contributed by atoms with van der Waals surface area (Å²) in [4.78, 5) is 68.6. The molecule has 3 fully saturated rings. The van der Waals surface area contributed by atoms with Crippen molar-refractivity contribution in [1.29, 1.82) is 0 Å². The number of anilines is 1. The van der Waals surface area contributed by atoms with E-state index in [4.69, 9.17) is 21.1 Å². The number of nitrogens with one attached hydrogen (secondary N) is 4. The number of para-hydroxylation sites is 1. The molecule has 5 atom stereocenters. The largest absolute Gasteiger partial charge is 0.444 e. The molecule has 0 spiro atoms. The fourth-order valence-corrected chi connectivity index (χ4v) is 7.34. The Morgan fingerprint density at radius 1 is 1.08 bits per heavy atom.